The molecule has 1 saturated heterocycles. The van der Waals surface area contributed by atoms with Gasteiger partial charge in [-0.1, -0.05) is 18.7 Å². The molecule has 1 aliphatic carbocycles. The lowest BCUT2D eigenvalue weighted by atomic mass is 9.82. The Morgan fingerprint density at radius 3 is 2.60 bits per heavy atom. The average molecular weight is 205 g/mol. The molecule has 1 heterocycles. The minimum Gasteiger partial charge on any atom is -0.279 e. The molecule has 2 aliphatic rings. The predicted molar refractivity (Wildman–Crippen MR) is 56.9 cm³/mol. The first-order valence-corrected chi connectivity index (χ1v) is 5.26. The zero-order chi connectivity index (χ0) is 11.2. The number of rotatable bonds is 1. The van der Waals surface area contributed by atoms with Crippen molar-refractivity contribution in [3.05, 3.63) is 24.3 Å². The first kappa shape index (κ1) is 10.1. The minimum atomic E-state index is -0.301. The van der Waals surface area contributed by atoms with Crippen LogP contribution in [0.25, 0.3) is 0 Å². The van der Waals surface area contributed by atoms with Gasteiger partial charge in [0.05, 0.1) is 11.8 Å². The molecule has 80 valence electrons. The molecule has 0 saturated carbocycles. The summed E-state index contributed by atoms with van der Waals surface area (Å²) >= 11 is 0. The Morgan fingerprint density at radius 2 is 2.07 bits per heavy atom. The van der Waals surface area contributed by atoms with Gasteiger partial charge >= 0.3 is 0 Å². The van der Waals surface area contributed by atoms with Gasteiger partial charge in [-0.05, 0) is 25.8 Å². The zero-order valence-electron chi connectivity index (χ0n) is 9.06. The van der Waals surface area contributed by atoms with E-state index < -0.39 is 0 Å². The highest BCUT2D eigenvalue weighted by Crippen LogP contribution is 2.38. The Bertz CT molecular complexity index is 368. The standard InChI is InChI=1S/C12H15NO2/c1-7(2)13-11(14)9-6-4-5-8(3)10(9)12(13)15/h4-5,7,9-10H,3,6H2,1-2H3. The smallest absolute Gasteiger partial charge is 0.237 e. The van der Waals surface area contributed by atoms with E-state index in [0.717, 1.165) is 5.57 Å². The van der Waals surface area contributed by atoms with Crippen LogP contribution < -0.4 is 0 Å². The maximum atomic E-state index is 12.0. The molecule has 2 rings (SSSR count). The van der Waals surface area contributed by atoms with Gasteiger partial charge in [-0.15, -0.1) is 0 Å². The van der Waals surface area contributed by atoms with Crippen LogP contribution in [0, 0.1) is 11.8 Å². The number of likely N-dealkylation sites (tertiary alicyclic amines) is 1. The molecule has 0 radical (unpaired) electrons. The Kier molecular flexibility index (Phi) is 2.25. The van der Waals surface area contributed by atoms with E-state index in [1.807, 2.05) is 26.0 Å². The van der Waals surface area contributed by atoms with Crippen molar-refractivity contribution in [1.29, 1.82) is 0 Å². The lowest BCUT2D eigenvalue weighted by molar-refractivity contribution is -0.141. The summed E-state index contributed by atoms with van der Waals surface area (Å²) in [6.45, 7) is 7.58. The summed E-state index contributed by atoms with van der Waals surface area (Å²) < 4.78 is 0. The number of hydrogen-bond acceptors (Lipinski definition) is 2. The molecule has 0 bridgehead atoms. The monoisotopic (exact) mass is 205 g/mol. The molecule has 3 heteroatoms. The third kappa shape index (κ3) is 1.34. The van der Waals surface area contributed by atoms with Gasteiger partial charge in [0.2, 0.25) is 11.8 Å². The lowest BCUT2D eigenvalue weighted by Gasteiger charge is -2.18. The van der Waals surface area contributed by atoms with Gasteiger partial charge in [-0.3, -0.25) is 14.5 Å². The minimum absolute atomic E-state index is 0.0366. The lowest BCUT2D eigenvalue weighted by Crippen LogP contribution is -2.37. The summed E-state index contributed by atoms with van der Waals surface area (Å²) in [5.41, 5.74) is 0.771. The van der Waals surface area contributed by atoms with Gasteiger partial charge in [-0.2, -0.15) is 0 Å². The summed E-state index contributed by atoms with van der Waals surface area (Å²) in [7, 11) is 0. The van der Waals surface area contributed by atoms with Crippen LogP contribution in [0.4, 0.5) is 0 Å². The van der Waals surface area contributed by atoms with Crippen LogP contribution in [-0.2, 0) is 9.59 Å². The highest BCUT2D eigenvalue weighted by molar-refractivity contribution is 6.07. The number of imide groups is 1. The van der Waals surface area contributed by atoms with Crippen molar-refractivity contribution in [2.24, 2.45) is 11.8 Å². The van der Waals surface area contributed by atoms with Crippen LogP contribution >= 0.6 is 0 Å². The molecule has 1 aliphatic heterocycles. The van der Waals surface area contributed by atoms with Crippen molar-refractivity contribution >= 4 is 11.8 Å². The second-order valence-corrected chi connectivity index (χ2v) is 4.44. The van der Waals surface area contributed by atoms with E-state index in [4.69, 9.17) is 0 Å². The highest BCUT2D eigenvalue weighted by atomic mass is 16.2. The van der Waals surface area contributed by atoms with Gasteiger partial charge in [0.15, 0.2) is 0 Å². The Hall–Kier alpha value is -1.38. The summed E-state index contributed by atoms with van der Waals surface area (Å²) in [6.07, 6.45) is 4.45. The Labute approximate surface area is 89.4 Å². The molecule has 2 amide bonds. The maximum absolute atomic E-state index is 12.0. The van der Waals surface area contributed by atoms with Crippen molar-refractivity contribution in [1.82, 2.24) is 4.90 Å². The van der Waals surface area contributed by atoms with E-state index in [2.05, 4.69) is 6.58 Å². The van der Waals surface area contributed by atoms with Crippen molar-refractivity contribution in [2.45, 2.75) is 26.3 Å². The number of carbonyl (C=O) groups is 2. The number of hydrogen-bond donors (Lipinski definition) is 0. The molecule has 3 nitrogen and oxygen atoms in total. The number of fused-ring (bicyclic) bond motifs is 1. The van der Waals surface area contributed by atoms with Crippen molar-refractivity contribution in [3.8, 4) is 0 Å². The summed E-state index contributed by atoms with van der Waals surface area (Å²) in [5.74, 6) is -0.609. The fraction of sp³-hybridized carbons (Fsp3) is 0.500. The largest absolute Gasteiger partial charge is 0.279 e. The topological polar surface area (TPSA) is 37.4 Å². The van der Waals surface area contributed by atoms with E-state index in [1.165, 1.54) is 4.90 Å². The Balaban J connectivity index is 2.38. The molecule has 0 aromatic rings. The van der Waals surface area contributed by atoms with Crippen molar-refractivity contribution in [2.75, 3.05) is 0 Å². The van der Waals surface area contributed by atoms with E-state index in [-0.39, 0.29) is 29.7 Å². The maximum Gasteiger partial charge on any atom is 0.237 e. The van der Waals surface area contributed by atoms with Gasteiger partial charge in [0.1, 0.15) is 0 Å². The van der Waals surface area contributed by atoms with E-state index in [9.17, 15) is 9.59 Å². The van der Waals surface area contributed by atoms with Crippen LogP contribution in [0.1, 0.15) is 20.3 Å². The van der Waals surface area contributed by atoms with E-state index in [1.54, 1.807) is 0 Å². The van der Waals surface area contributed by atoms with Crippen LogP contribution in [0.3, 0.4) is 0 Å². The molecule has 1 fully saturated rings. The van der Waals surface area contributed by atoms with E-state index in [0.29, 0.717) is 6.42 Å². The van der Waals surface area contributed by atoms with Gasteiger partial charge in [0, 0.05) is 6.04 Å². The fourth-order valence-electron chi connectivity index (χ4n) is 2.38. The molecule has 0 N–H and O–H groups in total. The van der Waals surface area contributed by atoms with Crippen molar-refractivity contribution < 1.29 is 9.59 Å². The molecule has 2 atom stereocenters. The number of nitrogens with zero attached hydrogens (tertiary/aromatic N) is 1. The summed E-state index contributed by atoms with van der Waals surface area (Å²) in [6, 6.07) is -0.0524. The molecule has 2 unspecified atom stereocenters. The van der Waals surface area contributed by atoms with Crippen LogP contribution in [0.5, 0.6) is 0 Å². The first-order valence-electron chi connectivity index (χ1n) is 5.26. The van der Waals surface area contributed by atoms with Crippen LogP contribution in [0.15, 0.2) is 24.3 Å². The van der Waals surface area contributed by atoms with E-state index >= 15 is 0 Å². The number of carbonyl (C=O) groups excluding carboxylic acids is 2. The van der Waals surface area contributed by atoms with Gasteiger partial charge < -0.3 is 0 Å². The zero-order valence-corrected chi connectivity index (χ0v) is 9.06. The highest BCUT2D eigenvalue weighted by Gasteiger charge is 2.49. The van der Waals surface area contributed by atoms with Crippen molar-refractivity contribution in [3.63, 3.8) is 0 Å². The fourth-order valence-corrected chi connectivity index (χ4v) is 2.38. The molecular weight excluding hydrogens is 190 g/mol. The second kappa shape index (κ2) is 3.33. The van der Waals surface area contributed by atoms with Crippen LogP contribution in [0.2, 0.25) is 0 Å². The number of allylic oxidation sites excluding steroid dienone is 2. The summed E-state index contributed by atoms with van der Waals surface area (Å²) in [4.78, 5) is 25.4. The normalized spacial score (nSPS) is 30.3. The quantitative estimate of drug-likeness (QED) is 0.608. The third-order valence-corrected chi connectivity index (χ3v) is 3.10. The Morgan fingerprint density at radius 1 is 1.40 bits per heavy atom. The molecular formula is C12H15NO2. The van der Waals surface area contributed by atoms with Crippen LogP contribution in [-0.4, -0.2) is 22.8 Å². The molecule has 0 aromatic heterocycles. The summed E-state index contributed by atoms with van der Waals surface area (Å²) in [5, 5.41) is 0. The SMILES string of the molecule is C=C1C=CCC2C(=O)N(C(C)C)C(=O)C12. The van der Waals surface area contributed by atoms with Gasteiger partial charge in [-0.25, -0.2) is 0 Å². The molecule has 0 spiro atoms. The number of amides is 2. The molecule has 15 heavy (non-hydrogen) atoms. The molecule has 0 aromatic carbocycles. The first-order chi connectivity index (χ1) is 7.04. The van der Waals surface area contributed by atoms with Gasteiger partial charge in [0.25, 0.3) is 0 Å². The third-order valence-electron chi connectivity index (χ3n) is 3.10. The average Bonchev–Trinajstić information content (AvgIpc) is 2.40. The second-order valence-electron chi connectivity index (χ2n) is 4.44. The predicted octanol–water partition coefficient (Wildman–Crippen LogP) is 1.51.